The molecule has 2 rings (SSSR count). The van der Waals surface area contributed by atoms with E-state index in [1.165, 1.54) is 0 Å². The monoisotopic (exact) mass is 590 g/mol. The Balaban J connectivity index is 2.15. The van der Waals surface area contributed by atoms with Crippen LogP contribution < -0.4 is 5.32 Å². The fourth-order valence-corrected chi connectivity index (χ4v) is 6.50. The summed E-state index contributed by atoms with van der Waals surface area (Å²) in [6.07, 6.45) is 9.61. The number of hydrogen-bond acceptors (Lipinski definition) is 8. The average Bonchev–Trinajstić information content (AvgIpc) is 3.11. The molecule has 0 aromatic heterocycles. The highest BCUT2D eigenvalue weighted by atomic mass is 32.3. The summed E-state index contributed by atoms with van der Waals surface area (Å²) in [5, 5.41) is 5.32. The lowest BCUT2D eigenvalue weighted by atomic mass is 9.82. The molecule has 0 aliphatic carbocycles. The first kappa shape index (κ1) is 34.6. The molecule has 2 saturated heterocycles. The molecule has 0 aromatic carbocycles. The molecule has 2 aliphatic heterocycles. The van der Waals surface area contributed by atoms with Crippen LogP contribution in [0.1, 0.15) is 126 Å². The van der Waals surface area contributed by atoms with Gasteiger partial charge in [-0.05, 0) is 59.3 Å². The summed E-state index contributed by atoms with van der Waals surface area (Å²) in [7, 11) is -4.57. The van der Waals surface area contributed by atoms with Crippen molar-refractivity contribution in [1.29, 1.82) is 0 Å². The van der Waals surface area contributed by atoms with Gasteiger partial charge in [-0.15, -0.1) is 4.28 Å². The molecule has 2 bridgehead atoms. The molecule has 40 heavy (non-hydrogen) atoms. The van der Waals surface area contributed by atoms with E-state index in [1.807, 2.05) is 0 Å². The zero-order chi connectivity index (χ0) is 30.0. The molecule has 2 fully saturated rings. The van der Waals surface area contributed by atoms with Crippen LogP contribution in [0.5, 0.6) is 0 Å². The maximum atomic E-state index is 13.4. The second-order valence-electron chi connectivity index (χ2n) is 12.2. The second-order valence-corrected chi connectivity index (χ2v) is 13.3. The molecule has 2 atom stereocenters. The van der Waals surface area contributed by atoms with Gasteiger partial charge in [-0.1, -0.05) is 66.2 Å². The van der Waals surface area contributed by atoms with Gasteiger partial charge in [0.1, 0.15) is 5.60 Å². The van der Waals surface area contributed by atoms with Crippen LogP contribution >= 0.6 is 0 Å². The molecule has 2 heterocycles. The molecule has 1 N–H and O–H groups in total. The van der Waals surface area contributed by atoms with Gasteiger partial charge in [0.05, 0.1) is 12.1 Å². The third-order valence-corrected chi connectivity index (χ3v) is 8.34. The summed E-state index contributed by atoms with van der Waals surface area (Å²) in [4.78, 5) is 26.9. The minimum absolute atomic E-state index is 0.212. The van der Waals surface area contributed by atoms with Crippen molar-refractivity contribution in [3.05, 3.63) is 0 Å². The molecule has 2 aliphatic rings. The number of alkyl carbamates (subject to hydrolysis) is 1. The number of unbranched alkanes of at least 4 members (excludes halogenated alkanes) is 3. The first-order valence-corrected chi connectivity index (χ1v) is 16.6. The van der Waals surface area contributed by atoms with Crippen LogP contribution in [0.15, 0.2) is 0 Å². The van der Waals surface area contributed by atoms with Gasteiger partial charge in [0, 0.05) is 25.2 Å². The van der Waals surface area contributed by atoms with E-state index in [0.29, 0.717) is 25.9 Å². The van der Waals surface area contributed by atoms with Crippen LogP contribution in [-0.2, 0) is 23.7 Å². The standard InChI is InChI=1S/C28H54N4O7S/c1-8-12-18-28(17-11-4,19-13-9-2)31(20-14-10-3)38-40(35,36)39-32-24-16-15-23(30(22-24)26(32)34)21-29-25(33)37-27(5,6)7/h23-24H,8-22H2,1-7H3,(H,29,33)/t23-,24-/m0/s1. The Labute approximate surface area is 242 Å². The van der Waals surface area contributed by atoms with Gasteiger partial charge in [0.2, 0.25) is 0 Å². The molecule has 0 spiro atoms. The van der Waals surface area contributed by atoms with Gasteiger partial charge in [0.15, 0.2) is 0 Å². The lowest BCUT2D eigenvalue weighted by molar-refractivity contribution is -0.172. The van der Waals surface area contributed by atoms with E-state index < -0.39 is 39.7 Å². The Bertz CT molecular complexity index is 901. The van der Waals surface area contributed by atoms with Gasteiger partial charge in [-0.3, -0.25) is 0 Å². The fraction of sp³-hybridized carbons (Fsp3) is 0.929. The van der Waals surface area contributed by atoms with Crippen molar-refractivity contribution < 1.29 is 31.3 Å². The van der Waals surface area contributed by atoms with Crippen LogP contribution in [-0.4, -0.2) is 78.4 Å². The number of rotatable bonds is 18. The Morgan fingerprint density at radius 1 is 0.975 bits per heavy atom. The number of amides is 3. The lowest BCUT2D eigenvalue weighted by Crippen LogP contribution is -2.51. The zero-order valence-corrected chi connectivity index (χ0v) is 26.7. The Morgan fingerprint density at radius 3 is 2.15 bits per heavy atom. The summed E-state index contributed by atoms with van der Waals surface area (Å²) >= 11 is 0. The third-order valence-electron chi connectivity index (χ3n) is 7.63. The summed E-state index contributed by atoms with van der Waals surface area (Å²) < 4.78 is 43.1. The van der Waals surface area contributed by atoms with Crippen LogP contribution in [0.2, 0.25) is 0 Å². The highest BCUT2D eigenvalue weighted by Gasteiger charge is 2.48. The summed E-state index contributed by atoms with van der Waals surface area (Å²) in [6, 6.07) is -1.23. The first-order valence-electron chi connectivity index (χ1n) is 15.3. The van der Waals surface area contributed by atoms with Gasteiger partial charge in [-0.25, -0.2) is 9.59 Å². The molecule has 3 amide bonds. The zero-order valence-electron chi connectivity index (χ0n) is 25.9. The molecule has 0 unspecified atom stereocenters. The van der Waals surface area contributed by atoms with Crippen molar-refractivity contribution >= 4 is 22.5 Å². The number of nitrogens with one attached hydrogen (secondary N) is 1. The van der Waals surface area contributed by atoms with Crippen molar-refractivity contribution in [3.63, 3.8) is 0 Å². The number of fused-ring (bicyclic) bond motifs is 2. The van der Waals surface area contributed by atoms with E-state index in [4.69, 9.17) is 13.3 Å². The molecule has 12 heteroatoms. The van der Waals surface area contributed by atoms with Crippen molar-refractivity contribution in [3.8, 4) is 0 Å². The van der Waals surface area contributed by atoms with Crippen molar-refractivity contribution in [2.45, 2.75) is 149 Å². The number of piperidine rings is 1. The first-order chi connectivity index (χ1) is 18.8. The average molecular weight is 591 g/mol. The van der Waals surface area contributed by atoms with E-state index in [1.54, 1.807) is 30.7 Å². The summed E-state index contributed by atoms with van der Waals surface area (Å²) in [6.45, 7) is 14.8. The maximum absolute atomic E-state index is 13.4. The molecular formula is C28H54N4O7S. The summed E-state index contributed by atoms with van der Waals surface area (Å²) in [5.74, 6) is 0. The molecule has 0 radical (unpaired) electrons. The van der Waals surface area contributed by atoms with Gasteiger partial charge in [-0.2, -0.15) is 22.8 Å². The minimum atomic E-state index is -4.57. The topological polar surface area (TPSA) is 118 Å². The molecule has 234 valence electrons. The fourth-order valence-electron chi connectivity index (χ4n) is 5.64. The number of hydrogen-bond donors (Lipinski definition) is 1. The van der Waals surface area contributed by atoms with E-state index in [2.05, 4.69) is 33.0 Å². The van der Waals surface area contributed by atoms with Gasteiger partial charge < -0.3 is 15.0 Å². The van der Waals surface area contributed by atoms with Crippen LogP contribution in [0.4, 0.5) is 9.59 Å². The van der Waals surface area contributed by atoms with Crippen LogP contribution in [0, 0.1) is 0 Å². The number of hydroxylamine groups is 4. The number of carbonyl (C=O) groups excluding carboxylic acids is 2. The molecular weight excluding hydrogens is 536 g/mol. The SMILES string of the molecule is CCCCN(OS(=O)(=O)ON1C(=O)N2C[C@@H]1CC[C@H]2CNC(=O)OC(C)(C)C)C(CCC)(CCCC)CCCC. The molecule has 11 nitrogen and oxygen atoms in total. The van der Waals surface area contributed by atoms with E-state index in [-0.39, 0.29) is 12.6 Å². The van der Waals surface area contributed by atoms with E-state index >= 15 is 0 Å². The predicted octanol–water partition coefficient (Wildman–Crippen LogP) is 5.91. The minimum Gasteiger partial charge on any atom is -0.444 e. The second kappa shape index (κ2) is 15.6. The van der Waals surface area contributed by atoms with Gasteiger partial charge in [0.25, 0.3) is 0 Å². The third kappa shape index (κ3) is 10.0. The lowest BCUT2D eigenvalue weighted by Gasteiger charge is -2.43. The predicted molar refractivity (Wildman–Crippen MR) is 154 cm³/mol. The quantitative estimate of drug-likeness (QED) is 0.196. The number of ether oxygens (including phenoxy) is 1. The Hall–Kier alpha value is -1.63. The maximum Gasteiger partial charge on any atom is 0.437 e. The van der Waals surface area contributed by atoms with Crippen LogP contribution in [0.25, 0.3) is 0 Å². The Morgan fingerprint density at radius 2 is 1.60 bits per heavy atom. The van der Waals surface area contributed by atoms with Crippen molar-refractivity contribution in [1.82, 2.24) is 20.3 Å². The number of nitrogens with zero attached hydrogens (tertiary/aromatic N) is 3. The van der Waals surface area contributed by atoms with Gasteiger partial charge >= 0.3 is 22.5 Å². The highest BCUT2D eigenvalue weighted by molar-refractivity contribution is 7.81. The van der Waals surface area contributed by atoms with Crippen molar-refractivity contribution in [2.24, 2.45) is 0 Å². The van der Waals surface area contributed by atoms with Crippen LogP contribution in [0.3, 0.4) is 0 Å². The van der Waals surface area contributed by atoms with Crippen molar-refractivity contribution in [2.75, 3.05) is 19.6 Å². The largest absolute Gasteiger partial charge is 0.444 e. The van der Waals surface area contributed by atoms with E-state index in [9.17, 15) is 18.0 Å². The highest BCUT2D eigenvalue weighted by Crippen LogP contribution is 2.36. The number of carbonyl (C=O) groups is 2. The Kier molecular flexibility index (Phi) is 13.4. The number of urea groups is 1. The smallest absolute Gasteiger partial charge is 0.437 e. The molecule has 0 saturated carbocycles. The van der Waals surface area contributed by atoms with E-state index in [0.717, 1.165) is 69.3 Å². The normalized spacial score (nSPS) is 19.9. The molecule has 0 aromatic rings. The summed E-state index contributed by atoms with van der Waals surface area (Å²) in [5.41, 5.74) is -1.05.